The lowest BCUT2D eigenvalue weighted by molar-refractivity contribution is -0.125. The second kappa shape index (κ2) is 4.72. The van der Waals surface area contributed by atoms with Gasteiger partial charge in [0.2, 0.25) is 0 Å². The minimum atomic E-state index is -4.22. The van der Waals surface area contributed by atoms with E-state index in [1.807, 2.05) is 0 Å². The van der Waals surface area contributed by atoms with Crippen LogP contribution in [0.3, 0.4) is 0 Å². The maximum absolute atomic E-state index is 11.8. The number of phenols is 1. The van der Waals surface area contributed by atoms with Crippen molar-refractivity contribution in [2.45, 2.75) is 12.7 Å². The van der Waals surface area contributed by atoms with E-state index in [0.717, 1.165) is 0 Å². The van der Waals surface area contributed by atoms with Crippen LogP contribution >= 0.6 is 11.6 Å². The van der Waals surface area contributed by atoms with Crippen molar-refractivity contribution in [1.82, 2.24) is 5.32 Å². The molecule has 6 heteroatoms. The zero-order valence-corrected chi connectivity index (χ0v) is 8.36. The molecule has 1 rings (SSSR count). The van der Waals surface area contributed by atoms with E-state index in [2.05, 4.69) is 5.32 Å². The lowest BCUT2D eigenvalue weighted by Crippen LogP contribution is -2.28. The molecule has 0 aliphatic heterocycles. The Morgan fingerprint density at radius 3 is 2.53 bits per heavy atom. The van der Waals surface area contributed by atoms with Crippen LogP contribution < -0.4 is 5.32 Å². The summed E-state index contributed by atoms with van der Waals surface area (Å²) in [6.45, 7) is -0.995. The Kier molecular flexibility index (Phi) is 3.82. The number of benzene rings is 1. The highest BCUT2D eigenvalue weighted by Crippen LogP contribution is 2.23. The summed E-state index contributed by atoms with van der Waals surface area (Å²) < 4.78 is 35.3. The summed E-state index contributed by atoms with van der Waals surface area (Å²) in [5.41, 5.74) is 0.585. The molecule has 0 aliphatic rings. The first-order chi connectivity index (χ1) is 6.88. The third-order valence-corrected chi connectivity index (χ3v) is 1.97. The first-order valence-electron chi connectivity index (χ1n) is 4.13. The Morgan fingerprint density at radius 2 is 2.00 bits per heavy atom. The molecule has 0 saturated carbocycles. The molecule has 0 radical (unpaired) electrons. The zero-order chi connectivity index (χ0) is 11.5. The van der Waals surface area contributed by atoms with E-state index >= 15 is 0 Å². The number of halogens is 4. The molecule has 1 aromatic carbocycles. The van der Waals surface area contributed by atoms with Crippen molar-refractivity contribution < 1.29 is 18.3 Å². The SMILES string of the molecule is Oc1ccc(CNCC(F)(F)F)cc1Cl. The molecule has 2 N–H and O–H groups in total. The first-order valence-corrected chi connectivity index (χ1v) is 4.51. The van der Waals surface area contributed by atoms with Gasteiger partial charge in [0.1, 0.15) is 5.75 Å². The summed E-state index contributed by atoms with van der Waals surface area (Å²) in [7, 11) is 0. The molecule has 0 bridgehead atoms. The zero-order valence-electron chi connectivity index (χ0n) is 7.61. The first kappa shape index (κ1) is 12.1. The van der Waals surface area contributed by atoms with Crippen molar-refractivity contribution in [2.75, 3.05) is 6.54 Å². The highest BCUT2D eigenvalue weighted by atomic mass is 35.5. The van der Waals surface area contributed by atoms with E-state index in [-0.39, 0.29) is 17.3 Å². The van der Waals surface area contributed by atoms with E-state index in [9.17, 15) is 13.2 Å². The summed E-state index contributed by atoms with van der Waals surface area (Å²) in [4.78, 5) is 0. The summed E-state index contributed by atoms with van der Waals surface area (Å²) in [5, 5.41) is 11.4. The van der Waals surface area contributed by atoms with Crippen LogP contribution in [-0.4, -0.2) is 17.8 Å². The fourth-order valence-electron chi connectivity index (χ4n) is 1.01. The number of hydrogen-bond donors (Lipinski definition) is 2. The molecule has 0 atom stereocenters. The fraction of sp³-hybridized carbons (Fsp3) is 0.333. The third-order valence-electron chi connectivity index (χ3n) is 1.67. The van der Waals surface area contributed by atoms with Crippen molar-refractivity contribution in [3.63, 3.8) is 0 Å². The second-order valence-corrected chi connectivity index (χ2v) is 3.41. The highest BCUT2D eigenvalue weighted by molar-refractivity contribution is 6.32. The van der Waals surface area contributed by atoms with Crippen molar-refractivity contribution in [3.05, 3.63) is 28.8 Å². The van der Waals surface area contributed by atoms with Crippen LogP contribution in [0.1, 0.15) is 5.56 Å². The number of nitrogens with one attached hydrogen (secondary N) is 1. The lowest BCUT2D eigenvalue weighted by Gasteiger charge is -2.08. The number of rotatable bonds is 3. The Morgan fingerprint density at radius 1 is 1.33 bits per heavy atom. The van der Waals surface area contributed by atoms with Gasteiger partial charge in [0.25, 0.3) is 0 Å². The molecule has 1 aromatic rings. The van der Waals surface area contributed by atoms with E-state index in [1.54, 1.807) is 0 Å². The van der Waals surface area contributed by atoms with Crippen LogP contribution in [0.25, 0.3) is 0 Å². The topological polar surface area (TPSA) is 32.3 Å². The van der Waals surface area contributed by atoms with Crippen LogP contribution in [0.5, 0.6) is 5.75 Å². The smallest absolute Gasteiger partial charge is 0.401 e. The molecule has 0 saturated heterocycles. The second-order valence-electron chi connectivity index (χ2n) is 3.00. The molecular formula is C9H9ClF3NO. The minimum absolute atomic E-state index is 0.0551. The van der Waals surface area contributed by atoms with Gasteiger partial charge in [-0.05, 0) is 17.7 Å². The largest absolute Gasteiger partial charge is 0.506 e. The summed E-state index contributed by atoms with van der Waals surface area (Å²) in [5.74, 6) is -0.0868. The summed E-state index contributed by atoms with van der Waals surface area (Å²) in [6.07, 6.45) is -4.22. The maximum atomic E-state index is 11.8. The Hall–Kier alpha value is -0.940. The molecule has 0 fully saturated rings. The van der Waals surface area contributed by atoms with Crippen LogP contribution in [0.2, 0.25) is 5.02 Å². The quantitative estimate of drug-likeness (QED) is 0.850. The maximum Gasteiger partial charge on any atom is 0.401 e. The Labute approximate surface area is 89.7 Å². The molecular weight excluding hydrogens is 231 g/mol. The molecule has 84 valence electrons. The molecule has 0 aliphatic carbocycles. The highest BCUT2D eigenvalue weighted by Gasteiger charge is 2.25. The molecule has 0 unspecified atom stereocenters. The molecule has 2 nitrogen and oxygen atoms in total. The van der Waals surface area contributed by atoms with Gasteiger partial charge >= 0.3 is 6.18 Å². The van der Waals surface area contributed by atoms with Gasteiger partial charge in [-0.1, -0.05) is 17.7 Å². The Bertz CT molecular complexity index is 341. The van der Waals surface area contributed by atoms with Gasteiger partial charge in [-0.2, -0.15) is 13.2 Å². The fourth-order valence-corrected chi connectivity index (χ4v) is 1.21. The van der Waals surface area contributed by atoms with E-state index < -0.39 is 12.7 Å². The molecule has 0 aromatic heterocycles. The standard InChI is InChI=1S/C9H9ClF3NO/c10-7-3-6(1-2-8(7)15)4-14-5-9(11,12)13/h1-3,14-15H,4-5H2. The monoisotopic (exact) mass is 239 g/mol. The van der Waals surface area contributed by atoms with Crippen LogP contribution in [-0.2, 0) is 6.54 Å². The normalized spacial score (nSPS) is 11.7. The summed E-state index contributed by atoms with van der Waals surface area (Å²) >= 11 is 5.58. The van der Waals surface area contributed by atoms with Crippen molar-refractivity contribution in [2.24, 2.45) is 0 Å². The molecule has 0 spiro atoms. The Balaban J connectivity index is 2.48. The van der Waals surface area contributed by atoms with Gasteiger partial charge in [-0.15, -0.1) is 0 Å². The van der Waals surface area contributed by atoms with E-state index in [1.165, 1.54) is 18.2 Å². The van der Waals surface area contributed by atoms with Crippen LogP contribution in [0, 0.1) is 0 Å². The predicted octanol–water partition coefficient (Wildman–Crippen LogP) is 2.70. The molecule has 0 amide bonds. The minimum Gasteiger partial charge on any atom is -0.506 e. The van der Waals surface area contributed by atoms with Crippen molar-refractivity contribution in [3.8, 4) is 5.75 Å². The third kappa shape index (κ3) is 4.40. The van der Waals surface area contributed by atoms with Crippen molar-refractivity contribution in [1.29, 1.82) is 0 Å². The number of hydrogen-bond acceptors (Lipinski definition) is 2. The number of phenolic OH excluding ortho intramolecular Hbond substituents is 1. The molecule has 0 heterocycles. The van der Waals surface area contributed by atoms with E-state index in [0.29, 0.717) is 5.56 Å². The van der Waals surface area contributed by atoms with Gasteiger partial charge in [0.05, 0.1) is 11.6 Å². The van der Waals surface area contributed by atoms with Gasteiger partial charge in [-0.3, -0.25) is 0 Å². The predicted molar refractivity (Wildman–Crippen MR) is 50.9 cm³/mol. The van der Waals surface area contributed by atoms with Crippen LogP contribution in [0.15, 0.2) is 18.2 Å². The average Bonchev–Trinajstić information content (AvgIpc) is 2.09. The average molecular weight is 240 g/mol. The summed E-state index contributed by atoms with van der Waals surface area (Å²) in [6, 6.07) is 4.26. The van der Waals surface area contributed by atoms with Gasteiger partial charge in [0.15, 0.2) is 0 Å². The molecule has 15 heavy (non-hydrogen) atoms. The van der Waals surface area contributed by atoms with E-state index in [4.69, 9.17) is 16.7 Å². The van der Waals surface area contributed by atoms with Crippen LogP contribution in [0.4, 0.5) is 13.2 Å². The van der Waals surface area contributed by atoms with Gasteiger partial charge in [0, 0.05) is 6.54 Å². The number of aromatic hydroxyl groups is 1. The lowest BCUT2D eigenvalue weighted by atomic mass is 10.2. The van der Waals surface area contributed by atoms with Gasteiger partial charge in [-0.25, -0.2) is 0 Å². The van der Waals surface area contributed by atoms with Gasteiger partial charge < -0.3 is 10.4 Å². The number of alkyl halides is 3. The van der Waals surface area contributed by atoms with Crippen molar-refractivity contribution >= 4 is 11.6 Å².